The van der Waals surface area contributed by atoms with Crippen LogP contribution in [-0.4, -0.2) is 21.5 Å². The molecule has 0 spiro atoms. The molecule has 130 valence electrons. The van der Waals surface area contributed by atoms with E-state index in [0.717, 1.165) is 47.4 Å². The minimum absolute atomic E-state index is 0.102. The first kappa shape index (κ1) is 17.5. The third-order valence-corrected chi connectivity index (χ3v) is 4.54. The molecule has 1 unspecified atom stereocenters. The molecular weight excluding hydrogens is 322 g/mol. The minimum atomic E-state index is 0.102. The van der Waals surface area contributed by atoms with Crippen molar-refractivity contribution in [2.45, 2.75) is 26.2 Å². The molecule has 2 aromatic heterocycles. The normalized spacial score (nSPS) is 17.4. The maximum absolute atomic E-state index is 9.15. The molecule has 0 fully saturated rings. The average molecular weight is 343 g/mol. The molecule has 0 aromatic carbocycles. The molecule has 0 saturated heterocycles. The molecule has 26 heavy (non-hydrogen) atoms. The van der Waals surface area contributed by atoms with E-state index >= 15 is 0 Å². The van der Waals surface area contributed by atoms with Crippen molar-refractivity contribution < 1.29 is 0 Å². The molecule has 2 aromatic rings. The summed E-state index contributed by atoms with van der Waals surface area (Å²) in [4.78, 5) is 7.22. The second-order valence-electron chi connectivity index (χ2n) is 6.38. The molecule has 1 atom stereocenters. The fourth-order valence-corrected chi connectivity index (χ4v) is 3.20. The van der Waals surface area contributed by atoms with Crippen molar-refractivity contribution in [3.05, 3.63) is 53.0 Å². The quantitative estimate of drug-likeness (QED) is 0.671. The van der Waals surface area contributed by atoms with Gasteiger partial charge in [-0.3, -0.25) is 4.68 Å². The number of hydrogen-bond donors (Lipinski definition) is 1. The summed E-state index contributed by atoms with van der Waals surface area (Å²) >= 11 is 0. The highest BCUT2D eigenvalue weighted by Gasteiger charge is 2.20. The van der Waals surface area contributed by atoms with Crippen molar-refractivity contribution in [2.24, 2.45) is 18.0 Å². The lowest BCUT2D eigenvalue weighted by Crippen LogP contribution is -2.05. The molecule has 0 bridgehead atoms. The fourth-order valence-electron chi connectivity index (χ4n) is 3.20. The van der Waals surface area contributed by atoms with E-state index in [1.54, 1.807) is 10.9 Å². The Labute approximate surface area is 153 Å². The highest BCUT2D eigenvalue weighted by Crippen LogP contribution is 2.38. The van der Waals surface area contributed by atoms with Crippen LogP contribution in [0.1, 0.15) is 37.3 Å². The molecule has 0 saturated carbocycles. The standard InChI is InChI=1S/C21H21N5/c1-15(4-5-17-13-25-26(3)14-17)20(19-10-11-24-21(19)23-2)18-8-6-16(12-22)7-9-18/h8,10-11,13-14,16,24H,2,6-7,9H2,1,3H3/b20-15+. The van der Waals surface area contributed by atoms with Gasteiger partial charge >= 0.3 is 0 Å². The van der Waals surface area contributed by atoms with Crippen LogP contribution in [0.15, 0.2) is 46.9 Å². The Kier molecular flexibility index (Phi) is 5.20. The Morgan fingerprint density at radius 2 is 2.35 bits per heavy atom. The van der Waals surface area contributed by atoms with Gasteiger partial charge in [0.1, 0.15) is 5.82 Å². The summed E-state index contributed by atoms with van der Waals surface area (Å²) in [6.07, 6.45) is 10.2. The molecule has 3 rings (SSSR count). The van der Waals surface area contributed by atoms with Gasteiger partial charge in [0.2, 0.25) is 0 Å². The van der Waals surface area contributed by atoms with Crippen molar-refractivity contribution in [3.63, 3.8) is 0 Å². The van der Waals surface area contributed by atoms with Crippen molar-refractivity contribution in [1.29, 1.82) is 5.26 Å². The SMILES string of the molecule is C=Nc1[nH]ccc1/C(C1=CCC(C#N)CC1)=C(\C)C#Cc1cnn(C)c1. The molecule has 0 aliphatic heterocycles. The number of nitrogens with zero attached hydrogens (tertiary/aromatic N) is 4. The van der Waals surface area contributed by atoms with E-state index in [9.17, 15) is 0 Å². The molecule has 2 heterocycles. The monoisotopic (exact) mass is 343 g/mol. The number of rotatable bonds is 3. The van der Waals surface area contributed by atoms with Crippen LogP contribution in [-0.2, 0) is 7.05 Å². The predicted octanol–water partition coefficient (Wildman–Crippen LogP) is 4.16. The zero-order chi connectivity index (χ0) is 18.5. The number of aryl methyl sites for hydroxylation is 1. The first-order valence-electron chi connectivity index (χ1n) is 8.57. The highest BCUT2D eigenvalue weighted by atomic mass is 15.2. The van der Waals surface area contributed by atoms with E-state index in [1.165, 1.54) is 5.57 Å². The topological polar surface area (TPSA) is 69.8 Å². The van der Waals surface area contributed by atoms with E-state index in [1.807, 2.05) is 32.4 Å². The lowest BCUT2D eigenvalue weighted by Gasteiger charge is -2.20. The number of aliphatic imine (C=N–C) groups is 1. The highest BCUT2D eigenvalue weighted by molar-refractivity contribution is 5.88. The summed E-state index contributed by atoms with van der Waals surface area (Å²) in [5.41, 5.74) is 5.16. The van der Waals surface area contributed by atoms with Crippen molar-refractivity contribution in [3.8, 4) is 17.9 Å². The molecule has 1 aliphatic carbocycles. The number of H-pyrrole nitrogens is 1. The van der Waals surface area contributed by atoms with Crippen LogP contribution in [0.3, 0.4) is 0 Å². The zero-order valence-electron chi connectivity index (χ0n) is 15.1. The molecule has 0 radical (unpaired) electrons. The van der Waals surface area contributed by atoms with Crippen LogP contribution >= 0.6 is 0 Å². The minimum Gasteiger partial charge on any atom is -0.346 e. The Morgan fingerprint density at radius 1 is 1.50 bits per heavy atom. The summed E-state index contributed by atoms with van der Waals surface area (Å²) in [5, 5.41) is 13.3. The summed E-state index contributed by atoms with van der Waals surface area (Å²) in [6.45, 7) is 5.68. The Morgan fingerprint density at radius 3 is 2.96 bits per heavy atom. The molecule has 5 heteroatoms. The maximum Gasteiger partial charge on any atom is 0.137 e. The third kappa shape index (κ3) is 3.68. The number of allylic oxidation sites excluding steroid dienone is 4. The Balaban J connectivity index is 2.06. The lowest BCUT2D eigenvalue weighted by atomic mass is 9.83. The van der Waals surface area contributed by atoms with E-state index in [2.05, 4.69) is 45.8 Å². The lowest BCUT2D eigenvalue weighted by molar-refractivity contribution is 0.586. The summed E-state index contributed by atoms with van der Waals surface area (Å²) < 4.78 is 1.74. The number of aromatic nitrogens is 3. The van der Waals surface area contributed by atoms with Gasteiger partial charge in [-0.1, -0.05) is 17.9 Å². The van der Waals surface area contributed by atoms with Gasteiger partial charge in [0.15, 0.2) is 0 Å². The predicted molar refractivity (Wildman–Crippen MR) is 104 cm³/mol. The van der Waals surface area contributed by atoms with Gasteiger partial charge in [-0.05, 0) is 50.1 Å². The van der Waals surface area contributed by atoms with Crippen LogP contribution in [0, 0.1) is 29.1 Å². The van der Waals surface area contributed by atoms with Gasteiger partial charge < -0.3 is 4.98 Å². The summed E-state index contributed by atoms with van der Waals surface area (Å²) in [6, 6.07) is 4.37. The largest absolute Gasteiger partial charge is 0.346 e. The van der Waals surface area contributed by atoms with Gasteiger partial charge in [0.05, 0.1) is 23.7 Å². The van der Waals surface area contributed by atoms with Gasteiger partial charge in [0, 0.05) is 30.6 Å². The maximum atomic E-state index is 9.15. The zero-order valence-corrected chi connectivity index (χ0v) is 15.1. The van der Waals surface area contributed by atoms with Gasteiger partial charge in [-0.25, -0.2) is 4.99 Å². The number of aromatic amines is 1. The van der Waals surface area contributed by atoms with E-state index in [0.29, 0.717) is 0 Å². The number of nitrogens with one attached hydrogen (secondary N) is 1. The Bertz CT molecular complexity index is 982. The van der Waals surface area contributed by atoms with Crippen molar-refractivity contribution in [2.75, 3.05) is 0 Å². The third-order valence-electron chi connectivity index (χ3n) is 4.54. The summed E-state index contributed by atoms with van der Waals surface area (Å²) in [7, 11) is 1.87. The fraction of sp³-hybridized carbons (Fsp3) is 0.286. The number of hydrogen-bond acceptors (Lipinski definition) is 3. The van der Waals surface area contributed by atoms with Crippen LogP contribution in [0.5, 0.6) is 0 Å². The second-order valence-corrected chi connectivity index (χ2v) is 6.38. The van der Waals surface area contributed by atoms with Crippen LogP contribution in [0.4, 0.5) is 5.82 Å². The summed E-state index contributed by atoms with van der Waals surface area (Å²) in [5.74, 6) is 7.29. The first-order chi connectivity index (χ1) is 12.6. The average Bonchev–Trinajstić information content (AvgIpc) is 3.29. The van der Waals surface area contributed by atoms with Crippen LogP contribution in [0.25, 0.3) is 5.57 Å². The molecule has 0 amide bonds. The second kappa shape index (κ2) is 7.72. The van der Waals surface area contributed by atoms with Gasteiger partial charge in [-0.15, -0.1) is 0 Å². The molecule has 5 nitrogen and oxygen atoms in total. The first-order valence-corrected chi connectivity index (χ1v) is 8.57. The van der Waals surface area contributed by atoms with Crippen LogP contribution in [0.2, 0.25) is 0 Å². The van der Waals surface area contributed by atoms with Gasteiger partial charge in [0.25, 0.3) is 0 Å². The number of nitriles is 1. The van der Waals surface area contributed by atoms with E-state index in [4.69, 9.17) is 5.26 Å². The molecule has 1 N–H and O–H groups in total. The van der Waals surface area contributed by atoms with E-state index < -0.39 is 0 Å². The van der Waals surface area contributed by atoms with E-state index in [-0.39, 0.29) is 5.92 Å². The molecule has 1 aliphatic rings. The van der Waals surface area contributed by atoms with Crippen molar-refractivity contribution in [1.82, 2.24) is 14.8 Å². The van der Waals surface area contributed by atoms with Crippen LogP contribution < -0.4 is 0 Å². The Hall–Kier alpha value is -3.31. The van der Waals surface area contributed by atoms with Crippen molar-refractivity contribution >= 4 is 18.1 Å². The smallest absolute Gasteiger partial charge is 0.137 e. The van der Waals surface area contributed by atoms with Gasteiger partial charge in [-0.2, -0.15) is 10.4 Å². The molecular formula is C21H21N5.